The highest BCUT2D eigenvalue weighted by Crippen LogP contribution is 2.30. The number of nitrogens with one attached hydrogen (secondary N) is 1. The number of aryl methyl sites for hydroxylation is 1. The molecule has 0 fully saturated rings. The molecule has 0 aliphatic carbocycles. The molecule has 0 saturated carbocycles. The Labute approximate surface area is 197 Å². The minimum absolute atomic E-state index is 0.0192. The third-order valence-corrected chi connectivity index (χ3v) is 4.73. The molecule has 9 nitrogen and oxygen atoms in total. The SMILES string of the molecule is COc1ccc(OC)c(NC(=O)COC(=O)c2nn(-c3cccc(C(F)(F)F)c3)c(C)cc2=O)c1. The minimum Gasteiger partial charge on any atom is -0.497 e. The van der Waals surface area contributed by atoms with Gasteiger partial charge < -0.3 is 19.5 Å². The third kappa shape index (κ3) is 5.96. The molecule has 184 valence electrons. The molecule has 3 aromatic rings. The first-order valence-corrected chi connectivity index (χ1v) is 10.0. The molecule has 0 unspecified atom stereocenters. The number of carbonyl (C=O) groups is 2. The van der Waals surface area contributed by atoms with E-state index in [1.54, 1.807) is 12.1 Å². The number of alkyl halides is 3. The van der Waals surface area contributed by atoms with Crippen LogP contribution in [0.4, 0.5) is 18.9 Å². The Morgan fingerprint density at radius 2 is 1.80 bits per heavy atom. The second-order valence-electron chi connectivity index (χ2n) is 7.15. The van der Waals surface area contributed by atoms with Crippen LogP contribution in [0.2, 0.25) is 0 Å². The standard InChI is InChI=1S/C23H20F3N3O6/c1-13-9-18(30)21(28-29(13)15-6-4-5-14(10-15)23(24,25)26)22(32)35-12-20(31)27-17-11-16(33-2)7-8-19(17)34-3/h4-11H,12H2,1-3H3,(H,27,31). The second-order valence-corrected chi connectivity index (χ2v) is 7.15. The maximum Gasteiger partial charge on any atom is 0.416 e. The van der Waals surface area contributed by atoms with Gasteiger partial charge in [-0.05, 0) is 37.3 Å². The highest BCUT2D eigenvalue weighted by atomic mass is 19.4. The van der Waals surface area contributed by atoms with Crippen molar-refractivity contribution in [3.63, 3.8) is 0 Å². The van der Waals surface area contributed by atoms with Crippen LogP contribution in [0.15, 0.2) is 53.3 Å². The summed E-state index contributed by atoms with van der Waals surface area (Å²) in [6, 6.07) is 9.93. The van der Waals surface area contributed by atoms with Gasteiger partial charge in [0.2, 0.25) is 11.1 Å². The van der Waals surface area contributed by atoms with E-state index in [4.69, 9.17) is 14.2 Å². The average molecular weight is 491 g/mol. The number of hydrogen-bond acceptors (Lipinski definition) is 7. The van der Waals surface area contributed by atoms with Gasteiger partial charge in [0.1, 0.15) is 11.5 Å². The minimum atomic E-state index is -4.59. The molecule has 1 aromatic heterocycles. The van der Waals surface area contributed by atoms with Gasteiger partial charge in [0.05, 0.1) is 31.2 Å². The van der Waals surface area contributed by atoms with E-state index < -0.39 is 41.3 Å². The summed E-state index contributed by atoms with van der Waals surface area (Å²) in [5.41, 5.74) is -2.01. The maximum atomic E-state index is 13.1. The maximum absolute atomic E-state index is 13.1. The van der Waals surface area contributed by atoms with E-state index in [2.05, 4.69) is 10.4 Å². The zero-order valence-corrected chi connectivity index (χ0v) is 18.8. The molecule has 0 saturated heterocycles. The van der Waals surface area contributed by atoms with Crippen molar-refractivity contribution in [3.8, 4) is 17.2 Å². The predicted molar refractivity (Wildman–Crippen MR) is 118 cm³/mol. The van der Waals surface area contributed by atoms with Crippen molar-refractivity contribution in [1.29, 1.82) is 0 Å². The summed E-state index contributed by atoms with van der Waals surface area (Å²) in [6.07, 6.45) is -4.59. The van der Waals surface area contributed by atoms with Gasteiger partial charge in [0.15, 0.2) is 6.61 Å². The van der Waals surface area contributed by atoms with Crippen LogP contribution in [-0.4, -0.2) is 42.5 Å². The van der Waals surface area contributed by atoms with Gasteiger partial charge >= 0.3 is 12.1 Å². The molecule has 0 atom stereocenters. The molecule has 12 heteroatoms. The first-order chi connectivity index (χ1) is 16.5. The van der Waals surface area contributed by atoms with E-state index in [9.17, 15) is 27.6 Å². The van der Waals surface area contributed by atoms with Crippen LogP contribution in [0.5, 0.6) is 11.5 Å². The Balaban J connectivity index is 1.78. The molecule has 1 N–H and O–H groups in total. The predicted octanol–water partition coefficient (Wildman–Crippen LogP) is 3.37. The third-order valence-electron chi connectivity index (χ3n) is 4.73. The molecule has 0 aliphatic rings. The first-order valence-electron chi connectivity index (χ1n) is 10.0. The zero-order valence-electron chi connectivity index (χ0n) is 18.8. The molecule has 1 heterocycles. The van der Waals surface area contributed by atoms with E-state index in [-0.39, 0.29) is 17.1 Å². The highest BCUT2D eigenvalue weighted by Gasteiger charge is 2.30. The Kier molecular flexibility index (Phi) is 7.43. The second kappa shape index (κ2) is 10.3. The van der Waals surface area contributed by atoms with E-state index in [1.165, 1.54) is 39.3 Å². The van der Waals surface area contributed by atoms with Crippen molar-refractivity contribution in [2.75, 3.05) is 26.1 Å². The molecule has 0 bridgehead atoms. The first kappa shape index (κ1) is 25.3. The van der Waals surface area contributed by atoms with Crippen LogP contribution in [0.1, 0.15) is 21.7 Å². The Morgan fingerprint density at radius 3 is 2.46 bits per heavy atom. The van der Waals surface area contributed by atoms with Crippen molar-refractivity contribution in [2.45, 2.75) is 13.1 Å². The van der Waals surface area contributed by atoms with Gasteiger partial charge in [-0.15, -0.1) is 0 Å². The van der Waals surface area contributed by atoms with Crippen LogP contribution in [0.25, 0.3) is 5.69 Å². The number of hydrogen-bond donors (Lipinski definition) is 1. The quantitative estimate of drug-likeness (QED) is 0.505. The highest BCUT2D eigenvalue weighted by molar-refractivity contribution is 5.96. The number of halogens is 3. The monoisotopic (exact) mass is 491 g/mol. The number of esters is 1. The number of rotatable bonds is 7. The number of anilines is 1. The fraction of sp³-hybridized carbons (Fsp3) is 0.217. The average Bonchev–Trinajstić information content (AvgIpc) is 2.82. The lowest BCUT2D eigenvalue weighted by molar-refractivity contribution is -0.137. The van der Waals surface area contributed by atoms with E-state index in [1.807, 2.05) is 0 Å². The Morgan fingerprint density at radius 1 is 1.06 bits per heavy atom. The van der Waals surface area contributed by atoms with Crippen molar-refractivity contribution in [2.24, 2.45) is 0 Å². The molecule has 2 aromatic carbocycles. The van der Waals surface area contributed by atoms with E-state index in [0.29, 0.717) is 11.5 Å². The van der Waals surface area contributed by atoms with Crippen LogP contribution in [0, 0.1) is 6.92 Å². The van der Waals surface area contributed by atoms with Crippen LogP contribution >= 0.6 is 0 Å². The van der Waals surface area contributed by atoms with Crippen molar-refractivity contribution >= 4 is 17.6 Å². The topological polar surface area (TPSA) is 109 Å². The fourth-order valence-electron chi connectivity index (χ4n) is 3.06. The van der Waals surface area contributed by atoms with Gasteiger partial charge in [-0.1, -0.05) is 6.07 Å². The van der Waals surface area contributed by atoms with E-state index >= 15 is 0 Å². The summed E-state index contributed by atoms with van der Waals surface area (Å²) in [4.78, 5) is 37.0. The molecular weight excluding hydrogens is 471 g/mol. The van der Waals surface area contributed by atoms with E-state index in [0.717, 1.165) is 22.9 Å². The summed E-state index contributed by atoms with van der Waals surface area (Å²) in [5.74, 6) is -1.19. The van der Waals surface area contributed by atoms with Gasteiger partial charge in [-0.2, -0.15) is 18.3 Å². The molecule has 3 rings (SSSR count). The van der Waals surface area contributed by atoms with Gasteiger partial charge in [0.25, 0.3) is 5.91 Å². The lowest BCUT2D eigenvalue weighted by Gasteiger charge is -2.14. The summed E-state index contributed by atoms with van der Waals surface area (Å²) in [5, 5.41) is 6.36. The number of methoxy groups -OCH3 is 2. The molecular formula is C23H20F3N3O6. The number of benzene rings is 2. The van der Waals surface area contributed by atoms with Gasteiger partial charge in [-0.3, -0.25) is 9.59 Å². The lowest BCUT2D eigenvalue weighted by atomic mass is 10.2. The number of ether oxygens (including phenoxy) is 3. The lowest BCUT2D eigenvalue weighted by Crippen LogP contribution is -2.27. The number of nitrogens with zero attached hydrogens (tertiary/aromatic N) is 2. The zero-order chi connectivity index (χ0) is 25.8. The molecule has 0 spiro atoms. The molecule has 35 heavy (non-hydrogen) atoms. The normalized spacial score (nSPS) is 11.0. The van der Waals surface area contributed by atoms with Gasteiger partial charge in [-0.25, -0.2) is 9.48 Å². The summed E-state index contributed by atoms with van der Waals surface area (Å²) >= 11 is 0. The molecule has 0 radical (unpaired) electrons. The Bertz CT molecular complexity index is 1320. The number of aromatic nitrogens is 2. The smallest absolute Gasteiger partial charge is 0.416 e. The molecule has 1 amide bonds. The number of amides is 1. The summed E-state index contributed by atoms with van der Waals surface area (Å²) in [7, 11) is 2.84. The summed E-state index contributed by atoms with van der Waals surface area (Å²) in [6.45, 7) is 0.677. The van der Waals surface area contributed by atoms with Crippen LogP contribution in [0.3, 0.4) is 0 Å². The van der Waals surface area contributed by atoms with Crippen LogP contribution in [-0.2, 0) is 15.7 Å². The summed E-state index contributed by atoms with van der Waals surface area (Å²) < 4.78 is 55.4. The van der Waals surface area contributed by atoms with Gasteiger partial charge in [0, 0.05) is 17.8 Å². The largest absolute Gasteiger partial charge is 0.497 e. The van der Waals surface area contributed by atoms with Crippen molar-refractivity contribution < 1.29 is 37.0 Å². The van der Waals surface area contributed by atoms with Crippen LogP contribution < -0.4 is 20.2 Å². The van der Waals surface area contributed by atoms with Crippen molar-refractivity contribution in [3.05, 3.63) is 75.7 Å². The molecule has 0 aliphatic heterocycles. The van der Waals surface area contributed by atoms with Crippen molar-refractivity contribution in [1.82, 2.24) is 9.78 Å². The number of carbonyl (C=O) groups excluding carboxylic acids is 2. The Hall–Kier alpha value is -4.35. The fourth-order valence-corrected chi connectivity index (χ4v) is 3.06.